The number of nitrogens with two attached hydrogens (primary N) is 1. The van der Waals surface area contributed by atoms with Gasteiger partial charge in [-0.15, -0.1) is 0 Å². The number of aromatic nitrogens is 3. The van der Waals surface area contributed by atoms with Crippen molar-refractivity contribution < 1.29 is 4.42 Å². The van der Waals surface area contributed by atoms with Gasteiger partial charge in [0.1, 0.15) is 11.0 Å². The number of nitrogens with zero attached hydrogens (tertiary/aromatic N) is 3. The molecule has 2 N–H and O–H groups in total. The fourth-order valence-electron chi connectivity index (χ4n) is 1.88. The van der Waals surface area contributed by atoms with Crippen LogP contribution in [0.5, 0.6) is 0 Å². The largest absolute Gasteiger partial charge is 0.462 e. The maximum atomic E-state index is 5.88. The van der Waals surface area contributed by atoms with Crippen LogP contribution in [-0.2, 0) is 0 Å². The van der Waals surface area contributed by atoms with Gasteiger partial charge in [-0.3, -0.25) is 4.98 Å². The molecule has 0 aliphatic heterocycles. The third-order valence-electron chi connectivity index (χ3n) is 2.76. The molecule has 3 aromatic heterocycles. The van der Waals surface area contributed by atoms with Gasteiger partial charge in [-0.2, -0.15) is 0 Å². The quantitative estimate of drug-likeness (QED) is 0.451. The minimum absolute atomic E-state index is 0.0164. The van der Waals surface area contributed by atoms with Crippen LogP contribution in [0.1, 0.15) is 17.9 Å². The molecule has 3 rings (SSSR count). The topological polar surface area (TPSA) is 77.8 Å². The maximum Gasteiger partial charge on any atom is 0.191 e. The van der Waals surface area contributed by atoms with Crippen molar-refractivity contribution in [3.63, 3.8) is 0 Å². The van der Waals surface area contributed by atoms with Crippen LogP contribution in [0.25, 0.3) is 11.0 Å². The molecule has 7 heteroatoms. The van der Waals surface area contributed by atoms with E-state index in [2.05, 4.69) is 15.0 Å². The molecule has 0 fully saturated rings. The van der Waals surface area contributed by atoms with E-state index in [0.717, 1.165) is 16.7 Å². The van der Waals surface area contributed by atoms with Crippen LogP contribution in [0.4, 0.5) is 5.82 Å². The van der Waals surface area contributed by atoms with Crippen LogP contribution < -0.4 is 5.73 Å². The molecule has 0 aliphatic carbocycles. The number of pyridine rings is 1. The number of thioether (sulfide) groups is 1. The van der Waals surface area contributed by atoms with Gasteiger partial charge < -0.3 is 10.2 Å². The second-order valence-corrected chi connectivity index (χ2v) is 5.89. The van der Waals surface area contributed by atoms with E-state index in [4.69, 9.17) is 21.8 Å². The summed E-state index contributed by atoms with van der Waals surface area (Å²) in [4.78, 5) is 12.7. The lowest BCUT2D eigenvalue weighted by molar-refractivity contribution is 0.608. The molecule has 0 saturated carbocycles. The van der Waals surface area contributed by atoms with Gasteiger partial charge in [0.25, 0.3) is 0 Å². The molecule has 3 aromatic rings. The smallest absolute Gasteiger partial charge is 0.191 e. The van der Waals surface area contributed by atoms with Crippen LogP contribution >= 0.6 is 23.4 Å². The van der Waals surface area contributed by atoms with Gasteiger partial charge >= 0.3 is 0 Å². The number of furan rings is 1. The highest BCUT2D eigenvalue weighted by atomic mass is 35.5. The van der Waals surface area contributed by atoms with Crippen molar-refractivity contribution in [3.8, 4) is 0 Å². The van der Waals surface area contributed by atoms with Gasteiger partial charge in [0.2, 0.25) is 0 Å². The molecule has 0 radical (unpaired) electrons. The molecule has 0 spiro atoms. The summed E-state index contributed by atoms with van der Waals surface area (Å²) in [5.74, 6) is 0.351. The lowest BCUT2D eigenvalue weighted by atomic mass is 10.2. The molecule has 20 heavy (non-hydrogen) atoms. The molecule has 1 atom stereocenters. The van der Waals surface area contributed by atoms with Crippen LogP contribution in [0.3, 0.4) is 0 Å². The Balaban J connectivity index is 1.92. The number of nitrogen functional groups attached to an aromatic ring is 1. The number of halogens is 1. The number of hydrogen-bond donors (Lipinski definition) is 1. The van der Waals surface area contributed by atoms with Crippen molar-refractivity contribution in [2.45, 2.75) is 17.3 Å². The Labute approximate surface area is 124 Å². The van der Waals surface area contributed by atoms with Gasteiger partial charge in [0, 0.05) is 17.6 Å². The van der Waals surface area contributed by atoms with Gasteiger partial charge in [0.05, 0.1) is 17.2 Å². The predicted molar refractivity (Wildman–Crippen MR) is 79.7 cm³/mol. The first-order chi connectivity index (χ1) is 9.63. The van der Waals surface area contributed by atoms with E-state index in [1.807, 2.05) is 19.1 Å². The highest BCUT2D eigenvalue weighted by Gasteiger charge is 2.16. The van der Waals surface area contributed by atoms with E-state index < -0.39 is 0 Å². The third-order valence-corrected chi connectivity index (χ3v) is 3.92. The molecule has 0 aromatic carbocycles. The van der Waals surface area contributed by atoms with Crippen LogP contribution in [0.2, 0.25) is 5.15 Å². The average molecular weight is 307 g/mol. The Hall–Kier alpha value is -1.79. The van der Waals surface area contributed by atoms with Crippen molar-refractivity contribution >= 4 is 40.1 Å². The highest BCUT2D eigenvalue weighted by Crippen LogP contribution is 2.36. The van der Waals surface area contributed by atoms with Crippen molar-refractivity contribution in [1.82, 2.24) is 15.0 Å². The molecule has 102 valence electrons. The molecule has 5 nitrogen and oxygen atoms in total. The number of rotatable bonds is 3. The summed E-state index contributed by atoms with van der Waals surface area (Å²) in [6.07, 6.45) is 3.42. The first-order valence-electron chi connectivity index (χ1n) is 5.92. The van der Waals surface area contributed by atoms with E-state index >= 15 is 0 Å². The summed E-state index contributed by atoms with van der Waals surface area (Å²) in [5.41, 5.74) is 7.29. The zero-order valence-electron chi connectivity index (χ0n) is 10.6. The van der Waals surface area contributed by atoms with Crippen molar-refractivity contribution in [3.05, 3.63) is 41.5 Å². The second kappa shape index (κ2) is 5.30. The van der Waals surface area contributed by atoms with Crippen LogP contribution in [0.15, 0.2) is 40.2 Å². The minimum Gasteiger partial charge on any atom is -0.462 e. The summed E-state index contributed by atoms with van der Waals surface area (Å²) in [6, 6.07) is 5.33. The number of hydrogen-bond acceptors (Lipinski definition) is 6. The Kier molecular flexibility index (Phi) is 3.50. The summed E-state index contributed by atoms with van der Waals surface area (Å²) >= 11 is 7.31. The standard InChI is InChI=1S/C13H11ClN4OS/c1-7(20-13-17-9(14)6-10(15)18-13)11-12-8(2-4-16-11)3-5-19-12/h2-7H,1H3,(H2,15,17,18). The Morgan fingerprint density at radius 3 is 3.00 bits per heavy atom. The van der Waals surface area contributed by atoms with Gasteiger partial charge in [-0.1, -0.05) is 23.4 Å². The van der Waals surface area contributed by atoms with Crippen molar-refractivity contribution in [2.24, 2.45) is 0 Å². The molecule has 3 heterocycles. The Morgan fingerprint density at radius 2 is 2.20 bits per heavy atom. The number of fused-ring (bicyclic) bond motifs is 1. The number of anilines is 1. The predicted octanol–water partition coefficient (Wildman–Crippen LogP) is 3.71. The van der Waals surface area contributed by atoms with E-state index in [1.54, 1.807) is 12.5 Å². The molecule has 0 bridgehead atoms. The first kappa shape index (κ1) is 13.2. The van der Waals surface area contributed by atoms with E-state index in [9.17, 15) is 0 Å². The molecule has 0 amide bonds. The Morgan fingerprint density at radius 1 is 1.35 bits per heavy atom. The maximum absolute atomic E-state index is 5.88. The molecule has 0 saturated heterocycles. The van der Waals surface area contributed by atoms with Crippen LogP contribution in [-0.4, -0.2) is 15.0 Å². The molecule has 0 aliphatic rings. The Bertz CT molecular complexity index is 741. The summed E-state index contributed by atoms with van der Waals surface area (Å²) in [6.45, 7) is 2.01. The van der Waals surface area contributed by atoms with Crippen molar-refractivity contribution in [1.29, 1.82) is 0 Å². The second-order valence-electron chi connectivity index (χ2n) is 4.19. The summed E-state index contributed by atoms with van der Waals surface area (Å²) in [5, 5.41) is 1.89. The zero-order valence-corrected chi connectivity index (χ0v) is 12.1. The molecular weight excluding hydrogens is 296 g/mol. The SMILES string of the molecule is CC(Sc1nc(N)cc(Cl)n1)c1nccc2ccoc12. The third kappa shape index (κ3) is 2.57. The van der Waals surface area contributed by atoms with E-state index in [0.29, 0.717) is 16.1 Å². The zero-order chi connectivity index (χ0) is 14.1. The fraction of sp³-hybridized carbons (Fsp3) is 0.154. The molecular formula is C13H11ClN4OS. The minimum atomic E-state index is 0.0164. The monoisotopic (exact) mass is 306 g/mol. The lowest BCUT2D eigenvalue weighted by Crippen LogP contribution is -1.98. The van der Waals surface area contributed by atoms with E-state index in [1.165, 1.54) is 17.8 Å². The van der Waals surface area contributed by atoms with Crippen molar-refractivity contribution in [2.75, 3.05) is 5.73 Å². The average Bonchev–Trinajstić information content (AvgIpc) is 2.85. The van der Waals surface area contributed by atoms with Gasteiger partial charge in [-0.05, 0) is 19.1 Å². The van der Waals surface area contributed by atoms with Crippen LogP contribution in [0, 0.1) is 0 Å². The lowest BCUT2D eigenvalue weighted by Gasteiger charge is -2.10. The van der Waals surface area contributed by atoms with Gasteiger partial charge in [-0.25, -0.2) is 9.97 Å². The summed E-state index contributed by atoms with van der Waals surface area (Å²) < 4.78 is 5.49. The van der Waals surface area contributed by atoms with Gasteiger partial charge in [0.15, 0.2) is 10.7 Å². The molecule has 1 unspecified atom stereocenters. The first-order valence-corrected chi connectivity index (χ1v) is 7.18. The fourth-order valence-corrected chi connectivity index (χ4v) is 3.03. The highest BCUT2D eigenvalue weighted by molar-refractivity contribution is 7.99. The van der Waals surface area contributed by atoms with E-state index in [-0.39, 0.29) is 5.25 Å². The normalized spacial score (nSPS) is 12.7. The summed E-state index contributed by atoms with van der Waals surface area (Å²) in [7, 11) is 0.